The van der Waals surface area contributed by atoms with Gasteiger partial charge in [-0.2, -0.15) is 5.26 Å². The predicted octanol–water partition coefficient (Wildman–Crippen LogP) is -1.37. The van der Waals surface area contributed by atoms with Crippen LogP contribution < -0.4 is 17.0 Å². The third-order valence-corrected chi connectivity index (χ3v) is 2.35. The van der Waals surface area contributed by atoms with Crippen LogP contribution in [0.15, 0.2) is 15.8 Å². The van der Waals surface area contributed by atoms with Crippen LogP contribution in [0.3, 0.4) is 0 Å². The molecule has 0 bridgehead atoms. The number of rotatable bonds is 5. The molecule has 0 spiro atoms. The van der Waals surface area contributed by atoms with Crippen LogP contribution in [0.4, 0.5) is 0 Å². The first-order valence-corrected chi connectivity index (χ1v) is 5.52. The van der Waals surface area contributed by atoms with Crippen LogP contribution in [0.1, 0.15) is 12.0 Å². The van der Waals surface area contributed by atoms with E-state index < -0.39 is 23.3 Å². The van der Waals surface area contributed by atoms with Gasteiger partial charge in [-0.25, -0.2) is 4.79 Å². The van der Waals surface area contributed by atoms with Gasteiger partial charge in [-0.15, -0.1) is 0 Å². The number of nitrogens with two attached hydrogens (primary N) is 1. The number of aromatic amines is 1. The fourth-order valence-electron chi connectivity index (χ4n) is 1.46. The highest BCUT2D eigenvalue weighted by Crippen LogP contribution is 1.95. The number of aryl methyl sites for hydroxylation is 1. The van der Waals surface area contributed by atoms with Crippen molar-refractivity contribution in [2.45, 2.75) is 25.9 Å². The second-order valence-electron chi connectivity index (χ2n) is 4.01. The topological polar surface area (TPSA) is 131 Å². The molecule has 0 saturated heterocycles. The minimum absolute atomic E-state index is 0.0676. The van der Waals surface area contributed by atoms with Gasteiger partial charge in [0.15, 0.2) is 6.61 Å². The Balaban J connectivity index is 2.68. The van der Waals surface area contributed by atoms with E-state index in [1.807, 2.05) is 0 Å². The molecule has 0 amide bonds. The van der Waals surface area contributed by atoms with E-state index in [1.165, 1.54) is 10.8 Å². The van der Waals surface area contributed by atoms with Gasteiger partial charge in [-0.05, 0) is 6.92 Å². The van der Waals surface area contributed by atoms with Crippen molar-refractivity contribution >= 4 is 5.97 Å². The molecular formula is C11H14N4O4. The number of nitrogens with one attached hydrogen (secondary N) is 1. The predicted molar refractivity (Wildman–Crippen MR) is 65.2 cm³/mol. The Morgan fingerprint density at radius 2 is 2.32 bits per heavy atom. The van der Waals surface area contributed by atoms with Crippen LogP contribution in [0.5, 0.6) is 0 Å². The van der Waals surface area contributed by atoms with Crippen LogP contribution in [0.2, 0.25) is 0 Å². The van der Waals surface area contributed by atoms with Crippen molar-refractivity contribution in [2.24, 2.45) is 5.73 Å². The summed E-state index contributed by atoms with van der Waals surface area (Å²) in [4.78, 5) is 36.0. The number of carbonyl (C=O) groups excluding carboxylic acids is 1. The quantitative estimate of drug-likeness (QED) is 0.632. The van der Waals surface area contributed by atoms with Gasteiger partial charge < -0.3 is 10.5 Å². The zero-order valence-corrected chi connectivity index (χ0v) is 10.4. The summed E-state index contributed by atoms with van der Waals surface area (Å²) in [6.07, 6.45) is 1.26. The van der Waals surface area contributed by atoms with E-state index in [9.17, 15) is 14.4 Å². The van der Waals surface area contributed by atoms with E-state index in [-0.39, 0.29) is 19.6 Å². The summed E-state index contributed by atoms with van der Waals surface area (Å²) < 4.78 is 5.77. The number of hydrogen-bond acceptors (Lipinski definition) is 6. The molecule has 3 N–H and O–H groups in total. The van der Waals surface area contributed by atoms with Gasteiger partial charge in [0.1, 0.15) is 6.07 Å². The maximum Gasteiger partial charge on any atom is 0.328 e. The van der Waals surface area contributed by atoms with E-state index >= 15 is 0 Å². The maximum absolute atomic E-state index is 11.5. The van der Waals surface area contributed by atoms with E-state index in [2.05, 4.69) is 9.72 Å². The minimum Gasteiger partial charge on any atom is -0.450 e. The van der Waals surface area contributed by atoms with Gasteiger partial charge in [0.2, 0.25) is 0 Å². The monoisotopic (exact) mass is 266 g/mol. The second kappa shape index (κ2) is 6.51. The highest BCUT2D eigenvalue weighted by atomic mass is 16.5. The molecule has 102 valence electrons. The molecule has 0 unspecified atom stereocenters. The number of aromatic nitrogens is 2. The lowest BCUT2D eigenvalue weighted by atomic mass is 10.2. The molecular weight excluding hydrogens is 252 g/mol. The summed E-state index contributed by atoms with van der Waals surface area (Å²) in [7, 11) is 0. The summed E-state index contributed by atoms with van der Waals surface area (Å²) in [6.45, 7) is 1.29. The largest absolute Gasteiger partial charge is 0.450 e. The summed E-state index contributed by atoms with van der Waals surface area (Å²) in [6, 6.07) is 1.02. The Labute approximate surface area is 108 Å². The number of ether oxygens (including phenoxy) is 1. The van der Waals surface area contributed by atoms with Crippen molar-refractivity contribution < 1.29 is 9.53 Å². The van der Waals surface area contributed by atoms with Gasteiger partial charge in [-0.3, -0.25) is 19.1 Å². The number of carbonyl (C=O) groups is 1. The molecule has 1 atom stereocenters. The van der Waals surface area contributed by atoms with Gasteiger partial charge in [0, 0.05) is 24.3 Å². The Bertz CT molecular complexity index is 610. The lowest BCUT2D eigenvalue weighted by Gasteiger charge is -2.12. The molecule has 8 heteroatoms. The fraction of sp³-hybridized carbons (Fsp3) is 0.455. The Morgan fingerprint density at radius 3 is 2.95 bits per heavy atom. The first-order valence-electron chi connectivity index (χ1n) is 5.52. The molecule has 0 aliphatic rings. The van der Waals surface area contributed by atoms with Crippen LogP contribution in [0, 0.1) is 18.3 Å². The van der Waals surface area contributed by atoms with E-state index in [1.54, 1.807) is 13.0 Å². The number of nitrogens with zero attached hydrogens (tertiary/aromatic N) is 2. The average Bonchev–Trinajstić information content (AvgIpc) is 2.33. The third kappa shape index (κ3) is 4.40. The first-order chi connectivity index (χ1) is 8.93. The molecule has 0 fully saturated rings. The second-order valence-corrected chi connectivity index (χ2v) is 4.01. The highest BCUT2D eigenvalue weighted by Gasteiger charge is 2.12. The van der Waals surface area contributed by atoms with E-state index in [0.717, 1.165) is 0 Å². The number of nitriles is 1. The smallest absolute Gasteiger partial charge is 0.328 e. The van der Waals surface area contributed by atoms with Crippen molar-refractivity contribution in [1.82, 2.24) is 9.55 Å². The van der Waals surface area contributed by atoms with Crippen LogP contribution >= 0.6 is 0 Å². The highest BCUT2D eigenvalue weighted by molar-refractivity contribution is 5.70. The Hall–Kier alpha value is -2.40. The molecule has 0 aromatic carbocycles. The maximum atomic E-state index is 11.5. The van der Waals surface area contributed by atoms with Crippen molar-refractivity contribution in [3.63, 3.8) is 0 Å². The lowest BCUT2D eigenvalue weighted by Crippen LogP contribution is -2.37. The average molecular weight is 266 g/mol. The molecule has 0 saturated carbocycles. The normalized spacial score (nSPS) is 11.6. The Morgan fingerprint density at radius 1 is 1.63 bits per heavy atom. The van der Waals surface area contributed by atoms with E-state index in [0.29, 0.717) is 5.56 Å². The van der Waals surface area contributed by atoms with Gasteiger partial charge in [-0.1, -0.05) is 0 Å². The molecule has 0 aliphatic heterocycles. The summed E-state index contributed by atoms with van der Waals surface area (Å²) >= 11 is 0. The molecule has 1 heterocycles. The molecule has 8 nitrogen and oxygen atoms in total. The van der Waals surface area contributed by atoms with Crippen molar-refractivity contribution in [3.8, 4) is 6.07 Å². The molecule has 1 rings (SSSR count). The summed E-state index contributed by atoms with van der Waals surface area (Å²) in [5.74, 6) is -0.608. The fourth-order valence-corrected chi connectivity index (χ4v) is 1.46. The summed E-state index contributed by atoms with van der Waals surface area (Å²) in [5.41, 5.74) is 5.03. The first kappa shape index (κ1) is 14.7. The standard InChI is InChI=1S/C11H14N4O4/c1-7-5-15(11(18)14-10(7)17)6-8(13)4-9(16)19-3-2-12/h5,8H,3-4,6,13H2,1H3,(H,14,17,18)/t8-/m0/s1. The van der Waals surface area contributed by atoms with Crippen LogP contribution in [-0.2, 0) is 16.1 Å². The number of H-pyrrole nitrogens is 1. The minimum atomic E-state index is -0.644. The molecule has 0 radical (unpaired) electrons. The van der Waals surface area contributed by atoms with Crippen molar-refractivity contribution in [3.05, 3.63) is 32.6 Å². The number of esters is 1. The Kier molecular flexibility index (Phi) is 5.02. The van der Waals surface area contributed by atoms with Crippen LogP contribution in [-0.4, -0.2) is 28.2 Å². The van der Waals surface area contributed by atoms with Gasteiger partial charge >= 0.3 is 11.7 Å². The zero-order valence-electron chi connectivity index (χ0n) is 10.4. The molecule has 1 aromatic rings. The molecule has 19 heavy (non-hydrogen) atoms. The molecule has 1 aromatic heterocycles. The SMILES string of the molecule is Cc1cn(C[C@@H](N)CC(=O)OCC#N)c(=O)[nH]c1=O. The lowest BCUT2D eigenvalue weighted by molar-refractivity contribution is -0.142. The van der Waals surface area contributed by atoms with Gasteiger partial charge in [0.05, 0.1) is 6.42 Å². The van der Waals surface area contributed by atoms with Crippen molar-refractivity contribution in [2.75, 3.05) is 6.61 Å². The zero-order chi connectivity index (χ0) is 14.4. The van der Waals surface area contributed by atoms with Gasteiger partial charge in [0.25, 0.3) is 5.56 Å². The third-order valence-electron chi connectivity index (χ3n) is 2.35. The number of hydrogen-bond donors (Lipinski definition) is 2. The van der Waals surface area contributed by atoms with E-state index in [4.69, 9.17) is 11.0 Å². The summed E-state index contributed by atoms with van der Waals surface area (Å²) in [5, 5.41) is 8.24. The molecule has 0 aliphatic carbocycles. The van der Waals surface area contributed by atoms with Crippen LogP contribution in [0.25, 0.3) is 0 Å². The van der Waals surface area contributed by atoms with Crippen molar-refractivity contribution in [1.29, 1.82) is 5.26 Å².